The monoisotopic (exact) mass is 379 g/mol. The highest BCUT2D eigenvalue weighted by Gasteiger charge is 2.44. The van der Waals surface area contributed by atoms with Crippen molar-refractivity contribution in [3.8, 4) is 0 Å². The second kappa shape index (κ2) is 7.57. The van der Waals surface area contributed by atoms with Crippen molar-refractivity contribution in [1.82, 2.24) is 5.32 Å². The molecule has 3 rings (SSSR count). The molecular weight excluding hydrogens is 350 g/mol. The number of aryl methyl sites for hydroxylation is 3. The predicted octanol–water partition coefficient (Wildman–Crippen LogP) is 2.63. The molecule has 0 bridgehead atoms. The first-order chi connectivity index (χ1) is 11.7. The lowest BCUT2D eigenvalue weighted by atomic mass is 9.94. The number of nitrogens with one attached hydrogen (secondary N) is 1. The van der Waals surface area contributed by atoms with E-state index in [-0.39, 0.29) is 42.1 Å². The van der Waals surface area contributed by atoms with E-state index in [1.165, 1.54) is 5.56 Å². The zero-order valence-corrected chi connectivity index (χ0v) is 16.9. The summed E-state index contributed by atoms with van der Waals surface area (Å²) in [6.07, 6.45) is 2.50. The molecule has 26 heavy (non-hydrogen) atoms. The van der Waals surface area contributed by atoms with E-state index in [1.807, 2.05) is 20.8 Å². The van der Waals surface area contributed by atoms with Crippen molar-refractivity contribution in [2.24, 2.45) is 17.6 Å². The number of amides is 2. The second-order valence-electron chi connectivity index (χ2n) is 8.04. The molecule has 2 fully saturated rings. The molecule has 1 aliphatic heterocycles. The number of anilines is 1. The van der Waals surface area contributed by atoms with E-state index >= 15 is 0 Å². The van der Waals surface area contributed by atoms with Crippen LogP contribution in [0.1, 0.15) is 42.9 Å². The third-order valence-corrected chi connectivity index (χ3v) is 5.71. The standard InChI is InChI=1S/C20H29N3O2.ClH/c1-12-7-13(2)18(14(3)8-12)23-10-15(9-17(23)24)19(25)22-20(4,11-21)16-5-6-16;/h7-8,15-16H,5-6,9-11,21H2,1-4H3,(H,22,25);1H. The molecule has 6 heteroatoms. The van der Waals surface area contributed by atoms with Gasteiger partial charge in [-0.15, -0.1) is 12.4 Å². The molecule has 2 atom stereocenters. The molecule has 0 spiro atoms. The smallest absolute Gasteiger partial charge is 0.227 e. The Morgan fingerprint density at radius 3 is 2.35 bits per heavy atom. The average Bonchev–Trinajstić information content (AvgIpc) is 3.31. The van der Waals surface area contributed by atoms with Gasteiger partial charge in [0.15, 0.2) is 0 Å². The van der Waals surface area contributed by atoms with Gasteiger partial charge in [0.1, 0.15) is 0 Å². The van der Waals surface area contributed by atoms with Gasteiger partial charge in [0.05, 0.1) is 11.5 Å². The number of hydrogen-bond acceptors (Lipinski definition) is 3. The van der Waals surface area contributed by atoms with Crippen LogP contribution in [0.15, 0.2) is 12.1 Å². The van der Waals surface area contributed by atoms with Crippen LogP contribution < -0.4 is 16.0 Å². The minimum atomic E-state index is -0.344. The van der Waals surface area contributed by atoms with E-state index in [0.717, 1.165) is 29.7 Å². The highest BCUT2D eigenvalue weighted by Crippen LogP contribution is 2.39. The molecular formula is C20H30ClN3O2. The zero-order chi connectivity index (χ0) is 18.4. The van der Waals surface area contributed by atoms with Crippen LogP contribution >= 0.6 is 12.4 Å². The third kappa shape index (κ3) is 3.89. The van der Waals surface area contributed by atoms with Crippen LogP contribution in [0, 0.1) is 32.6 Å². The van der Waals surface area contributed by atoms with Gasteiger partial charge in [-0.3, -0.25) is 9.59 Å². The second-order valence-corrected chi connectivity index (χ2v) is 8.04. The fourth-order valence-electron chi connectivity index (χ4n) is 4.12. The van der Waals surface area contributed by atoms with E-state index in [9.17, 15) is 9.59 Å². The molecule has 144 valence electrons. The van der Waals surface area contributed by atoms with Gasteiger partial charge < -0.3 is 16.0 Å². The highest BCUT2D eigenvalue weighted by molar-refractivity contribution is 6.01. The summed E-state index contributed by atoms with van der Waals surface area (Å²) in [7, 11) is 0. The molecule has 1 aromatic rings. The van der Waals surface area contributed by atoms with Gasteiger partial charge >= 0.3 is 0 Å². The van der Waals surface area contributed by atoms with Crippen molar-refractivity contribution in [2.45, 2.75) is 52.5 Å². The molecule has 1 saturated heterocycles. The first-order valence-electron chi connectivity index (χ1n) is 9.15. The molecule has 1 saturated carbocycles. The molecule has 5 nitrogen and oxygen atoms in total. The Labute approximate surface area is 162 Å². The van der Waals surface area contributed by atoms with Crippen LogP contribution in [-0.2, 0) is 9.59 Å². The van der Waals surface area contributed by atoms with Crippen LogP contribution in [0.4, 0.5) is 5.69 Å². The van der Waals surface area contributed by atoms with E-state index in [2.05, 4.69) is 24.4 Å². The van der Waals surface area contributed by atoms with Gasteiger partial charge in [-0.1, -0.05) is 17.7 Å². The minimum absolute atomic E-state index is 0. The maximum atomic E-state index is 12.8. The predicted molar refractivity (Wildman–Crippen MR) is 107 cm³/mol. The first-order valence-corrected chi connectivity index (χ1v) is 9.15. The van der Waals surface area contributed by atoms with Crippen molar-refractivity contribution >= 4 is 29.9 Å². The van der Waals surface area contributed by atoms with Crippen molar-refractivity contribution in [3.63, 3.8) is 0 Å². The van der Waals surface area contributed by atoms with E-state index in [4.69, 9.17) is 5.73 Å². The van der Waals surface area contributed by atoms with Crippen molar-refractivity contribution in [3.05, 3.63) is 28.8 Å². The molecule has 1 heterocycles. The Balaban J connectivity index is 0.00000243. The van der Waals surface area contributed by atoms with Gasteiger partial charge in [-0.2, -0.15) is 0 Å². The van der Waals surface area contributed by atoms with Crippen LogP contribution in [0.2, 0.25) is 0 Å². The van der Waals surface area contributed by atoms with Gasteiger partial charge in [-0.25, -0.2) is 0 Å². The van der Waals surface area contributed by atoms with Gasteiger partial charge in [0.2, 0.25) is 11.8 Å². The van der Waals surface area contributed by atoms with Crippen molar-refractivity contribution in [1.29, 1.82) is 0 Å². The van der Waals surface area contributed by atoms with Crippen LogP contribution in [0.3, 0.4) is 0 Å². The Kier molecular flexibility index (Phi) is 6.03. The number of halogens is 1. The molecule has 2 amide bonds. The topological polar surface area (TPSA) is 75.4 Å². The van der Waals surface area contributed by atoms with Crippen molar-refractivity contribution in [2.75, 3.05) is 18.0 Å². The van der Waals surface area contributed by atoms with Gasteiger partial charge in [0, 0.05) is 25.2 Å². The lowest BCUT2D eigenvalue weighted by molar-refractivity contribution is -0.128. The molecule has 2 aliphatic rings. The van der Waals surface area contributed by atoms with Crippen LogP contribution in [0.25, 0.3) is 0 Å². The summed E-state index contributed by atoms with van der Waals surface area (Å²) >= 11 is 0. The number of nitrogens with two attached hydrogens (primary N) is 1. The number of carbonyl (C=O) groups excluding carboxylic acids is 2. The van der Waals surface area contributed by atoms with Gasteiger partial charge in [0.25, 0.3) is 0 Å². The van der Waals surface area contributed by atoms with E-state index in [0.29, 0.717) is 19.0 Å². The number of hydrogen-bond donors (Lipinski definition) is 2. The van der Waals surface area contributed by atoms with E-state index in [1.54, 1.807) is 4.90 Å². The summed E-state index contributed by atoms with van der Waals surface area (Å²) in [5.74, 6) is 0.141. The largest absolute Gasteiger partial charge is 0.349 e. The summed E-state index contributed by atoms with van der Waals surface area (Å²) in [6.45, 7) is 9.00. The highest BCUT2D eigenvalue weighted by atomic mass is 35.5. The number of carbonyl (C=O) groups is 2. The molecule has 0 aromatic heterocycles. The van der Waals surface area contributed by atoms with E-state index < -0.39 is 0 Å². The fourth-order valence-corrected chi connectivity index (χ4v) is 4.12. The summed E-state index contributed by atoms with van der Waals surface area (Å²) in [5, 5.41) is 3.14. The summed E-state index contributed by atoms with van der Waals surface area (Å²) in [4.78, 5) is 27.1. The van der Waals surface area contributed by atoms with Gasteiger partial charge in [-0.05, 0) is 57.6 Å². The maximum absolute atomic E-state index is 12.8. The maximum Gasteiger partial charge on any atom is 0.227 e. The Morgan fingerprint density at radius 2 is 1.85 bits per heavy atom. The Hall–Kier alpha value is -1.59. The SMILES string of the molecule is Cc1cc(C)c(N2CC(C(=O)NC(C)(CN)C3CC3)CC2=O)c(C)c1.Cl. The van der Waals surface area contributed by atoms with Crippen LogP contribution in [-0.4, -0.2) is 30.4 Å². The summed E-state index contributed by atoms with van der Waals surface area (Å²) in [6, 6.07) is 4.17. The molecule has 3 N–H and O–H groups in total. The minimum Gasteiger partial charge on any atom is -0.349 e. The zero-order valence-electron chi connectivity index (χ0n) is 16.1. The summed E-state index contributed by atoms with van der Waals surface area (Å²) in [5.41, 5.74) is 9.86. The summed E-state index contributed by atoms with van der Waals surface area (Å²) < 4.78 is 0. The third-order valence-electron chi connectivity index (χ3n) is 5.71. The fraction of sp³-hybridized carbons (Fsp3) is 0.600. The van der Waals surface area contributed by atoms with Crippen LogP contribution in [0.5, 0.6) is 0 Å². The first kappa shape index (κ1) is 20.7. The quantitative estimate of drug-likeness (QED) is 0.825. The molecule has 1 aromatic carbocycles. The molecule has 0 radical (unpaired) electrons. The normalized spacial score (nSPS) is 22.0. The number of nitrogens with zero attached hydrogens (tertiary/aromatic N) is 1. The Bertz CT molecular complexity index is 694. The number of benzene rings is 1. The molecule has 2 unspecified atom stereocenters. The lowest BCUT2D eigenvalue weighted by Gasteiger charge is -2.31. The molecule has 1 aliphatic carbocycles. The Morgan fingerprint density at radius 1 is 1.27 bits per heavy atom. The van der Waals surface area contributed by atoms with Crippen molar-refractivity contribution < 1.29 is 9.59 Å². The number of rotatable bonds is 5. The average molecular weight is 380 g/mol. The lowest BCUT2D eigenvalue weighted by Crippen LogP contribution is -2.54.